The summed E-state index contributed by atoms with van der Waals surface area (Å²) in [6.45, 7) is 8.79. The molecule has 2 N–H and O–H groups in total. The van der Waals surface area contributed by atoms with E-state index in [1.807, 2.05) is 46.7 Å². The molecule has 242 valence electrons. The molecule has 11 heteroatoms. The number of carbonyl (C=O) groups is 4. The summed E-state index contributed by atoms with van der Waals surface area (Å²) in [6.07, 6.45) is 5.54. The third kappa shape index (κ3) is 7.20. The highest BCUT2D eigenvalue weighted by atomic mass is 16.5. The molecule has 11 nitrogen and oxygen atoms in total. The second-order valence-corrected chi connectivity index (χ2v) is 12.8. The number of hydrogen-bond acceptors (Lipinski definition) is 7. The lowest BCUT2D eigenvalue weighted by molar-refractivity contribution is -0.150. The molecule has 1 aromatic carbocycles. The van der Waals surface area contributed by atoms with Crippen molar-refractivity contribution >= 4 is 29.7 Å². The largest absolute Gasteiger partial charge is 0.496 e. The molecular weight excluding hydrogens is 562 g/mol. The van der Waals surface area contributed by atoms with Crippen molar-refractivity contribution in [2.45, 2.75) is 90.1 Å². The fourth-order valence-electron chi connectivity index (χ4n) is 6.68. The third-order valence-corrected chi connectivity index (χ3v) is 9.02. The lowest BCUT2D eigenvalue weighted by Crippen LogP contribution is -2.60. The Morgan fingerprint density at radius 2 is 1.91 bits per heavy atom. The van der Waals surface area contributed by atoms with Gasteiger partial charge in [-0.3, -0.25) is 24.1 Å². The summed E-state index contributed by atoms with van der Waals surface area (Å²) in [6, 6.07) is 2.54. The van der Waals surface area contributed by atoms with E-state index in [0.717, 1.165) is 6.42 Å². The fourth-order valence-corrected chi connectivity index (χ4v) is 6.68. The van der Waals surface area contributed by atoms with Gasteiger partial charge < -0.3 is 29.9 Å². The summed E-state index contributed by atoms with van der Waals surface area (Å²) >= 11 is 0. The minimum atomic E-state index is -0.944. The number of ether oxygens (including phenoxy) is 2. The number of nitrogens with one attached hydrogen (secondary N) is 2. The molecule has 0 aromatic heterocycles. The number of methoxy groups -OCH3 is 1. The molecule has 0 unspecified atom stereocenters. The maximum absolute atomic E-state index is 14.4. The zero-order valence-corrected chi connectivity index (χ0v) is 27.2. The van der Waals surface area contributed by atoms with Gasteiger partial charge in [-0.25, -0.2) is 0 Å². The molecule has 0 spiro atoms. The Morgan fingerprint density at radius 1 is 1.16 bits per heavy atom. The smallest absolute Gasteiger partial charge is 0.249 e. The predicted molar refractivity (Wildman–Crippen MR) is 168 cm³/mol. The normalized spacial score (nSPS) is 24.6. The molecule has 0 saturated carbocycles. The molecule has 6 atom stereocenters. The van der Waals surface area contributed by atoms with E-state index in [1.54, 1.807) is 47.4 Å². The van der Waals surface area contributed by atoms with Crippen molar-refractivity contribution in [3.05, 3.63) is 30.0 Å². The average Bonchev–Trinajstić information content (AvgIpc) is 3.63. The van der Waals surface area contributed by atoms with E-state index in [0.29, 0.717) is 55.8 Å². The summed E-state index contributed by atoms with van der Waals surface area (Å²) in [5.74, 6) is 0.245. The molecule has 0 aliphatic carbocycles. The number of fused-ring (bicyclic) bond motifs is 4. The highest BCUT2D eigenvalue weighted by molar-refractivity contribution is 5.96. The Bertz CT molecular complexity index is 1250. The van der Waals surface area contributed by atoms with Crippen LogP contribution in [0.1, 0.15) is 65.4 Å². The second-order valence-electron chi connectivity index (χ2n) is 12.8. The number of likely N-dealkylation sites (tertiary alicyclic amines) is 1. The van der Waals surface area contributed by atoms with Crippen LogP contribution in [0, 0.1) is 11.8 Å². The van der Waals surface area contributed by atoms with Gasteiger partial charge in [0.1, 0.15) is 35.7 Å². The van der Waals surface area contributed by atoms with Gasteiger partial charge in [0.15, 0.2) is 0 Å². The summed E-state index contributed by atoms with van der Waals surface area (Å²) in [5.41, 5.74) is 0.707. The van der Waals surface area contributed by atoms with Crippen LogP contribution in [0.2, 0.25) is 0 Å². The first-order chi connectivity index (χ1) is 21.0. The Balaban J connectivity index is 1.69. The fraction of sp³-hybridized carbons (Fsp3) is 0.636. The van der Waals surface area contributed by atoms with Crippen LogP contribution in [0.15, 0.2) is 24.4 Å². The highest BCUT2D eigenvalue weighted by Crippen LogP contribution is 2.32. The quantitative estimate of drug-likeness (QED) is 0.441. The van der Waals surface area contributed by atoms with Crippen LogP contribution >= 0.6 is 0 Å². The standard InChI is InChI=1S/C33H49N5O6/c1-8-21(4)28(36(5)6)31(40)35-24(18-20(2)3)32(41)38-17-14-27-29(38)33(42)37-16-9-10-25(37)30(39)34-15-13-22-19-23(44-27)11-12-26(22)43-7/h11-13,15,19-21,24-25,27-29H,8-10,14,16-18H2,1-7H3,(H,34,39)(H,35,40)/b15-13-/t21-,24+,25-,27-,28-,29-/m0/s1. The van der Waals surface area contributed by atoms with Crippen LogP contribution in [-0.2, 0) is 19.2 Å². The van der Waals surface area contributed by atoms with Crippen molar-refractivity contribution in [3.63, 3.8) is 0 Å². The molecule has 1 aromatic rings. The van der Waals surface area contributed by atoms with Crippen LogP contribution in [0.4, 0.5) is 0 Å². The van der Waals surface area contributed by atoms with E-state index >= 15 is 0 Å². The maximum Gasteiger partial charge on any atom is 0.249 e. The SMILES string of the molecule is CC[C@H](C)[C@@H](C(=O)N[C@H](CC(C)C)C(=O)N1CC[C@@H]2Oc3ccc(OC)c(c3)/C=C\NC(=O)[C@@H]3CCCN3C(=O)[C@H]21)N(C)C. The summed E-state index contributed by atoms with van der Waals surface area (Å²) in [4.78, 5) is 60.5. The molecule has 2 fully saturated rings. The molecular formula is C33H49N5O6. The van der Waals surface area contributed by atoms with Gasteiger partial charge in [0.2, 0.25) is 23.6 Å². The van der Waals surface area contributed by atoms with Gasteiger partial charge in [-0.15, -0.1) is 0 Å². The van der Waals surface area contributed by atoms with Crippen molar-refractivity contribution in [3.8, 4) is 11.5 Å². The molecule has 2 bridgehead atoms. The van der Waals surface area contributed by atoms with E-state index in [-0.39, 0.29) is 35.5 Å². The number of rotatable bonds is 9. The number of likely N-dealkylation sites (N-methyl/N-ethyl adjacent to an activating group) is 1. The summed E-state index contributed by atoms with van der Waals surface area (Å²) < 4.78 is 11.9. The number of carbonyl (C=O) groups excluding carboxylic acids is 4. The average molecular weight is 612 g/mol. The van der Waals surface area contributed by atoms with E-state index in [2.05, 4.69) is 10.6 Å². The number of amides is 4. The predicted octanol–water partition coefficient (Wildman–Crippen LogP) is 2.64. The summed E-state index contributed by atoms with van der Waals surface area (Å²) in [5, 5.41) is 5.88. The van der Waals surface area contributed by atoms with Crippen LogP contribution < -0.4 is 20.1 Å². The van der Waals surface area contributed by atoms with Crippen molar-refractivity contribution < 1.29 is 28.7 Å². The Morgan fingerprint density at radius 3 is 2.57 bits per heavy atom. The molecule has 2 saturated heterocycles. The van der Waals surface area contributed by atoms with E-state index in [9.17, 15) is 19.2 Å². The van der Waals surface area contributed by atoms with Crippen LogP contribution in [0.3, 0.4) is 0 Å². The molecule has 3 aliphatic rings. The second kappa shape index (κ2) is 14.5. The molecule has 4 rings (SSSR count). The van der Waals surface area contributed by atoms with Gasteiger partial charge in [-0.1, -0.05) is 34.1 Å². The number of hydrogen-bond donors (Lipinski definition) is 2. The van der Waals surface area contributed by atoms with E-state index in [1.165, 1.54) is 0 Å². The lowest BCUT2D eigenvalue weighted by Gasteiger charge is -2.36. The summed E-state index contributed by atoms with van der Waals surface area (Å²) in [7, 11) is 5.31. The first-order valence-corrected chi connectivity index (χ1v) is 15.9. The minimum absolute atomic E-state index is 0.0865. The van der Waals surface area contributed by atoms with Crippen LogP contribution in [-0.4, -0.2) is 103 Å². The first-order valence-electron chi connectivity index (χ1n) is 15.9. The van der Waals surface area contributed by atoms with Gasteiger partial charge in [0, 0.05) is 31.3 Å². The van der Waals surface area contributed by atoms with Gasteiger partial charge in [0.25, 0.3) is 0 Å². The molecule has 0 radical (unpaired) electrons. The van der Waals surface area contributed by atoms with E-state index in [4.69, 9.17) is 9.47 Å². The zero-order chi connectivity index (χ0) is 32.1. The molecule has 3 aliphatic heterocycles. The molecule has 4 amide bonds. The third-order valence-electron chi connectivity index (χ3n) is 9.02. The van der Waals surface area contributed by atoms with Crippen LogP contribution in [0.25, 0.3) is 6.08 Å². The molecule has 3 heterocycles. The molecule has 44 heavy (non-hydrogen) atoms. The Hall–Kier alpha value is -3.60. The lowest BCUT2D eigenvalue weighted by atomic mass is 9.96. The number of benzene rings is 1. The Kier molecular flexibility index (Phi) is 10.9. The maximum atomic E-state index is 14.4. The van der Waals surface area contributed by atoms with Crippen molar-refractivity contribution in [1.82, 2.24) is 25.3 Å². The van der Waals surface area contributed by atoms with Gasteiger partial charge in [0.05, 0.1) is 13.2 Å². The van der Waals surface area contributed by atoms with Gasteiger partial charge in [-0.05, 0) is 69.5 Å². The monoisotopic (exact) mass is 611 g/mol. The van der Waals surface area contributed by atoms with Crippen LogP contribution in [0.5, 0.6) is 11.5 Å². The minimum Gasteiger partial charge on any atom is -0.496 e. The van der Waals surface area contributed by atoms with Gasteiger partial charge in [-0.2, -0.15) is 0 Å². The topological polar surface area (TPSA) is 121 Å². The van der Waals surface area contributed by atoms with Crippen molar-refractivity contribution in [2.24, 2.45) is 11.8 Å². The first kappa shape index (κ1) is 33.3. The number of nitrogens with zero attached hydrogens (tertiary/aromatic N) is 3. The van der Waals surface area contributed by atoms with Crippen molar-refractivity contribution in [1.29, 1.82) is 0 Å². The van der Waals surface area contributed by atoms with Crippen molar-refractivity contribution in [2.75, 3.05) is 34.3 Å². The Labute approximate surface area is 261 Å². The van der Waals surface area contributed by atoms with Gasteiger partial charge >= 0.3 is 0 Å². The van der Waals surface area contributed by atoms with E-state index < -0.39 is 30.3 Å². The highest BCUT2D eigenvalue weighted by Gasteiger charge is 2.49. The zero-order valence-electron chi connectivity index (χ0n) is 27.2.